The van der Waals surface area contributed by atoms with Gasteiger partial charge in [-0.3, -0.25) is 0 Å². The molecular formula is C13H19BrN2O. The van der Waals surface area contributed by atoms with Crippen LogP contribution in [0.5, 0.6) is 0 Å². The first-order valence-corrected chi connectivity index (χ1v) is 6.89. The molecule has 1 aliphatic rings. The van der Waals surface area contributed by atoms with Crippen LogP contribution in [0.4, 0.5) is 5.82 Å². The molecule has 4 heteroatoms. The van der Waals surface area contributed by atoms with Crippen molar-refractivity contribution in [3.63, 3.8) is 0 Å². The molecule has 1 aliphatic heterocycles. The predicted octanol–water partition coefficient (Wildman–Crippen LogP) is 2.82. The van der Waals surface area contributed by atoms with Crippen LogP contribution in [-0.4, -0.2) is 23.2 Å². The van der Waals surface area contributed by atoms with E-state index in [9.17, 15) is 5.11 Å². The van der Waals surface area contributed by atoms with E-state index in [0.717, 1.165) is 28.9 Å². The van der Waals surface area contributed by atoms with Crippen molar-refractivity contribution in [2.24, 2.45) is 11.8 Å². The largest absolute Gasteiger partial charge is 0.392 e. The summed E-state index contributed by atoms with van der Waals surface area (Å²) in [5.74, 6) is 2.32. The maximum absolute atomic E-state index is 9.42. The molecule has 3 nitrogen and oxygen atoms in total. The van der Waals surface area contributed by atoms with Gasteiger partial charge in [0.15, 0.2) is 0 Å². The van der Waals surface area contributed by atoms with Crippen molar-refractivity contribution in [3.05, 3.63) is 22.3 Å². The molecule has 1 saturated heterocycles. The van der Waals surface area contributed by atoms with Gasteiger partial charge in [-0.1, -0.05) is 13.8 Å². The summed E-state index contributed by atoms with van der Waals surface area (Å²) in [6.45, 7) is 6.67. The first-order valence-electron chi connectivity index (χ1n) is 6.10. The molecule has 0 aromatic carbocycles. The Bertz CT molecular complexity index is 387. The summed E-state index contributed by atoms with van der Waals surface area (Å²) in [7, 11) is 0. The summed E-state index contributed by atoms with van der Waals surface area (Å²) in [6.07, 6.45) is 3.08. The molecule has 0 saturated carbocycles. The Balaban J connectivity index is 2.26. The van der Waals surface area contributed by atoms with Crippen LogP contribution < -0.4 is 4.90 Å². The Morgan fingerprint density at radius 2 is 2.06 bits per heavy atom. The molecule has 2 unspecified atom stereocenters. The maximum atomic E-state index is 9.42. The van der Waals surface area contributed by atoms with Crippen molar-refractivity contribution in [3.8, 4) is 0 Å². The van der Waals surface area contributed by atoms with Gasteiger partial charge >= 0.3 is 0 Å². The van der Waals surface area contributed by atoms with Crippen LogP contribution in [0.15, 0.2) is 16.7 Å². The molecule has 1 N–H and O–H groups in total. The molecule has 17 heavy (non-hydrogen) atoms. The number of anilines is 1. The molecule has 1 aromatic heterocycles. The number of halogens is 1. The molecule has 2 atom stereocenters. The van der Waals surface area contributed by atoms with Gasteiger partial charge in [0.1, 0.15) is 5.82 Å². The molecule has 0 bridgehead atoms. The molecule has 1 fully saturated rings. The first kappa shape index (κ1) is 12.8. The minimum atomic E-state index is 0.0427. The topological polar surface area (TPSA) is 36.4 Å². The third-order valence-corrected chi connectivity index (χ3v) is 3.68. The van der Waals surface area contributed by atoms with Gasteiger partial charge in [-0.15, -0.1) is 0 Å². The summed E-state index contributed by atoms with van der Waals surface area (Å²) < 4.78 is 0.920. The van der Waals surface area contributed by atoms with Crippen LogP contribution in [0.25, 0.3) is 0 Å². The van der Waals surface area contributed by atoms with E-state index in [-0.39, 0.29) is 6.61 Å². The third-order valence-electron chi connectivity index (χ3n) is 3.25. The van der Waals surface area contributed by atoms with Gasteiger partial charge in [0.2, 0.25) is 0 Å². The number of nitrogens with zero attached hydrogens (tertiary/aromatic N) is 2. The maximum Gasteiger partial charge on any atom is 0.134 e. The van der Waals surface area contributed by atoms with E-state index < -0.39 is 0 Å². The summed E-state index contributed by atoms with van der Waals surface area (Å²) in [5.41, 5.74) is 0.903. The third kappa shape index (κ3) is 2.99. The van der Waals surface area contributed by atoms with Crippen molar-refractivity contribution in [2.75, 3.05) is 18.0 Å². The SMILES string of the molecule is CC1CC(C)CN(c2ncc(Br)cc2CO)C1. The second-order valence-electron chi connectivity index (χ2n) is 5.15. The van der Waals surface area contributed by atoms with Gasteiger partial charge in [0.25, 0.3) is 0 Å². The average molecular weight is 299 g/mol. The Kier molecular flexibility index (Phi) is 4.05. The minimum absolute atomic E-state index is 0.0427. The lowest BCUT2D eigenvalue weighted by molar-refractivity contribution is 0.280. The molecule has 0 aliphatic carbocycles. The minimum Gasteiger partial charge on any atom is -0.392 e. The number of hydrogen-bond donors (Lipinski definition) is 1. The van der Waals surface area contributed by atoms with Crippen LogP contribution >= 0.6 is 15.9 Å². The normalized spacial score (nSPS) is 25.1. The summed E-state index contributed by atoms with van der Waals surface area (Å²) in [4.78, 5) is 6.76. The van der Waals surface area contributed by atoms with Gasteiger partial charge in [-0.05, 0) is 40.3 Å². The van der Waals surface area contributed by atoms with Crippen LogP contribution in [0.2, 0.25) is 0 Å². The summed E-state index contributed by atoms with van der Waals surface area (Å²) in [6, 6.07) is 1.95. The van der Waals surface area contributed by atoms with E-state index in [2.05, 4.69) is 39.7 Å². The zero-order valence-electron chi connectivity index (χ0n) is 10.4. The quantitative estimate of drug-likeness (QED) is 0.912. The van der Waals surface area contributed by atoms with Crippen molar-refractivity contribution in [2.45, 2.75) is 26.9 Å². The number of aliphatic hydroxyl groups excluding tert-OH is 1. The number of aliphatic hydroxyl groups is 1. The number of rotatable bonds is 2. The smallest absolute Gasteiger partial charge is 0.134 e. The van der Waals surface area contributed by atoms with Crippen LogP contribution in [-0.2, 0) is 6.61 Å². The number of pyridine rings is 1. The van der Waals surface area contributed by atoms with Gasteiger partial charge < -0.3 is 10.0 Å². The van der Waals surface area contributed by atoms with Crippen molar-refractivity contribution >= 4 is 21.7 Å². The zero-order valence-corrected chi connectivity index (χ0v) is 11.9. The highest BCUT2D eigenvalue weighted by atomic mass is 79.9. The van der Waals surface area contributed by atoms with E-state index in [1.54, 1.807) is 6.20 Å². The standard InChI is InChI=1S/C13H19BrN2O/c1-9-3-10(2)7-16(6-9)13-11(8-17)4-12(14)5-15-13/h4-5,9-10,17H,3,6-8H2,1-2H3. The van der Waals surface area contributed by atoms with Gasteiger partial charge in [-0.2, -0.15) is 0 Å². The summed E-state index contributed by atoms with van der Waals surface area (Å²) >= 11 is 3.39. The summed E-state index contributed by atoms with van der Waals surface area (Å²) in [5, 5.41) is 9.42. The Morgan fingerprint density at radius 3 is 2.65 bits per heavy atom. The molecule has 1 aromatic rings. The molecule has 2 rings (SSSR count). The number of piperidine rings is 1. The molecule has 94 valence electrons. The van der Waals surface area contributed by atoms with Crippen molar-refractivity contribution < 1.29 is 5.11 Å². The lowest BCUT2D eigenvalue weighted by Gasteiger charge is -2.36. The second kappa shape index (κ2) is 5.36. The number of aromatic nitrogens is 1. The van der Waals surface area contributed by atoms with Crippen LogP contribution in [0.1, 0.15) is 25.8 Å². The Morgan fingerprint density at radius 1 is 1.41 bits per heavy atom. The molecule has 0 spiro atoms. The van der Waals surface area contributed by atoms with Crippen LogP contribution in [0, 0.1) is 11.8 Å². The monoisotopic (exact) mass is 298 g/mol. The van der Waals surface area contributed by atoms with E-state index in [4.69, 9.17) is 0 Å². The highest BCUT2D eigenvalue weighted by Crippen LogP contribution is 2.28. The second-order valence-corrected chi connectivity index (χ2v) is 6.06. The van der Waals surface area contributed by atoms with Crippen molar-refractivity contribution in [1.29, 1.82) is 0 Å². The molecule has 2 heterocycles. The zero-order chi connectivity index (χ0) is 12.4. The molecular weight excluding hydrogens is 280 g/mol. The fourth-order valence-electron chi connectivity index (χ4n) is 2.71. The van der Waals surface area contributed by atoms with E-state index >= 15 is 0 Å². The Hall–Kier alpha value is -0.610. The molecule has 0 radical (unpaired) electrons. The molecule has 0 amide bonds. The van der Waals surface area contributed by atoms with E-state index in [0.29, 0.717) is 11.8 Å². The average Bonchev–Trinajstić information content (AvgIpc) is 2.27. The highest BCUT2D eigenvalue weighted by molar-refractivity contribution is 9.10. The first-order chi connectivity index (χ1) is 8.10. The lowest BCUT2D eigenvalue weighted by Crippen LogP contribution is -2.39. The highest BCUT2D eigenvalue weighted by Gasteiger charge is 2.24. The fraction of sp³-hybridized carbons (Fsp3) is 0.615. The van der Waals surface area contributed by atoms with E-state index in [1.165, 1.54) is 6.42 Å². The van der Waals surface area contributed by atoms with Gasteiger partial charge in [0, 0.05) is 29.3 Å². The van der Waals surface area contributed by atoms with Crippen LogP contribution in [0.3, 0.4) is 0 Å². The lowest BCUT2D eigenvalue weighted by atomic mass is 9.92. The van der Waals surface area contributed by atoms with Crippen molar-refractivity contribution in [1.82, 2.24) is 4.98 Å². The van der Waals surface area contributed by atoms with E-state index in [1.807, 2.05) is 6.07 Å². The number of hydrogen-bond acceptors (Lipinski definition) is 3. The van der Waals surface area contributed by atoms with Gasteiger partial charge in [-0.25, -0.2) is 4.98 Å². The fourth-order valence-corrected chi connectivity index (χ4v) is 3.09. The predicted molar refractivity (Wildman–Crippen MR) is 73.0 cm³/mol. The Labute approximate surface area is 111 Å². The van der Waals surface area contributed by atoms with Gasteiger partial charge in [0.05, 0.1) is 6.61 Å².